The molecule has 3 heteroatoms. The Hall–Kier alpha value is -1.71. The molecule has 1 aliphatic heterocycles. The fourth-order valence-electron chi connectivity index (χ4n) is 3.19. The van der Waals surface area contributed by atoms with Gasteiger partial charge in [-0.3, -0.25) is 9.88 Å². The fourth-order valence-corrected chi connectivity index (χ4v) is 3.19. The molecule has 0 saturated carbocycles. The molecule has 0 bridgehead atoms. The number of pyridine rings is 1. The number of benzene rings is 1. The highest BCUT2D eigenvalue weighted by Crippen LogP contribution is 2.26. The van der Waals surface area contributed by atoms with Gasteiger partial charge >= 0.3 is 0 Å². The average Bonchev–Trinajstić information content (AvgIpc) is 2.56. The molecular formula is C20H27N3. The second-order valence-corrected chi connectivity index (χ2v) is 7.42. The van der Waals surface area contributed by atoms with Gasteiger partial charge in [0.25, 0.3) is 0 Å². The molecule has 1 aliphatic rings. The minimum atomic E-state index is 0.215. The van der Waals surface area contributed by atoms with Crippen molar-refractivity contribution in [3.05, 3.63) is 65.5 Å². The van der Waals surface area contributed by atoms with Crippen LogP contribution in [0.5, 0.6) is 0 Å². The molecule has 1 aromatic carbocycles. The Bertz CT molecular complexity index is 614. The highest BCUT2D eigenvalue weighted by Gasteiger charge is 2.23. The van der Waals surface area contributed by atoms with Gasteiger partial charge in [0, 0.05) is 44.6 Å². The van der Waals surface area contributed by atoms with Crippen molar-refractivity contribution in [3.8, 4) is 0 Å². The van der Waals surface area contributed by atoms with Gasteiger partial charge in [0.2, 0.25) is 0 Å². The summed E-state index contributed by atoms with van der Waals surface area (Å²) in [6, 6.07) is 13.8. The van der Waals surface area contributed by atoms with E-state index >= 15 is 0 Å². The van der Waals surface area contributed by atoms with Crippen molar-refractivity contribution < 1.29 is 0 Å². The van der Waals surface area contributed by atoms with Gasteiger partial charge in [-0.25, -0.2) is 0 Å². The lowest BCUT2D eigenvalue weighted by molar-refractivity contribution is 0.153. The molecule has 3 rings (SSSR count). The van der Waals surface area contributed by atoms with Crippen molar-refractivity contribution in [1.29, 1.82) is 0 Å². The van der Waals surface area contributed by atoms with E-state index in [2.05, 4.69) is 72.4 Å². The minimum absolute atomic E-state index is 0.215. The summed E-state index contributed by atoms with van der Waals surface area (Å²) in [7, 11) is 0. The highest BCUT2D eigenvalue weighted by molar-refractivity contribution is 5.28. The van der Waals surface area contributed by atoms with Gasteiger partial charge in [0.05, 0.1) is 0 Å². The van der Waals surface area contributed by atoms with Gasteiger partial charge in [0.15, 0.2) is 0 Å². The summed E-state index contributed by atoms with van der Waals surface area (Å²) in [4.78, 5) is 6.71. The third kappa shape index (κ3) is 3.98. The molecule has 1 unspecified atom stereocenters. The van der Waals surface area contributed by atoms with Crippen molar-refractivity contribution in [2.75, 3.05) is 19.6 Å². The van der Waals surface area contributed by atoms with Gasteiger partial charge < -0.3 is 5.32 Å². The molecule has 3 nitrogen and oxygen atoms in total. The van der Waals surface area contributed by atoms with Gasteiger partial charge in [-0.05, 0) is 34.2 Å². The zero-order valence-electron chi connectivity index (χ0n) is 14.4. The molecule has 1 fully saturated rings. The lowest BCUT2D eigenvalue weighted by Crippen LogP contribution is -2.45. The van der Waals surface area contributed by atoms with E-state index < -0.39 is 0 Å². The molecule has 0 aliphatic carbocycles. The third-order valence-electron chi connectivity index (χ3n) is 4.65. The summed E-state index contributed by atoms with van der Waals surface area (Å²) < 4.78 is 0. The van der Waals surface area contributed by atoms with E-state index in [9.17, 15) is 0 Å². The van der Waals surface area contributed by atoms with E-state index in [-0.39, 0.29) is 5.41 Å². The van der Waals surface area contributed by atoms with Crippen LogP contribution in [-0.2, 0) is 12.0 Å². The summed E-state index contributed by atoms with van der Waals surface area (Å²) >= 11 is 0. The van der Waals surface area contributed by atoms with E-state index in [4.69, 9.17) is 0 Å². The van der Waals surface area contributed by atoms with Crippen LogP contribution in [0, 0.1) is 0 Å². The normalized spacial score (nSPS) is 19.7. The molecule has 0 spiro atoms. The van der Waals surface area contributed by atoms with Crippen molar-refractivity contribution in [2.24, 2.45) is 0 Å². The number of nitrogens with zero attached hydrogens (tertiary/aromatic N) is 2. The van der Waals surface area contributed by atoms with Crippen molar-refractivity contribution in [2.45, 2.75) is 38.8 Å². The topological polar surface area (TPSA) is 28.2 Å². The Morgan fingerprint density at radius 1 is 1.09 bits per heavy atom. The second-order valence-electron chi connectivity index (χ2n) is 7.42. The molecule has 1 atom stereocenters. The molecule has 23 heavy (non-hydrogen) atoms. The minimum Gasteiger partial charge on any atom is -0.314 e. The summed E-state index contributed by atoms with van der Waals surface area (Å²) in [6.07, 6.45) is 3.78. The van der Waals surface area contributed by atoms with Crippen molar-refractivity contribution in [3.63, 3.8) is 0 Å². The molecule has 1 saturated heterocycles. The van der Waals surface area contributed by atoms with Crippen LogP contribution in [0.2, 0.25) is 0 Å². The zero-order valence-corrected chi connectivity index (χ0v) is 14.4. The maximum Gasteiger partial charge on any atom is 0.0477 e. The number of hydrogen-bond donors (Lipinski definition) is 1. The first-order valence-corrected chi connectivity index (χ1v) is 8.48. The molecule has 0 radical (unpaired) electrons. The number of piperazine rings is 1. The fraction of sp³-hybridized carbons (Fsp3) is 0.450. The molecule has 122 valence electrons. The Kier molecular flexibility index (Phi) is 4.79. The maximum absolute atomic E-state index is 4.14. The number of nitrogens with one attached hydrogen (secondary N) is 1. The van der Waals surface area contributed by atoms with Crippen LogP contribution in [0.25, 0.3) is 0 Å². The Balaban J connectivity index is 1.75. The molecule has 0 amide bonds. The number of aromatic nitrogens is 1. The van der Waals surface area contributed by atoms with Crippen LogP contribution in [0.3, 0.4) is 0 Å². The third-order valence-corrected chi connectivity index (χ3v) is 4.65. The zero-order chi connectivity index (χ0) is 16.3. The van der Waals surface area contributed by atoms with Crippen LogP contribution in [0.15, 0.2) is 48.8 Å². The predicted molar refractivity (Wildman–Crippen MR) is 95.4 cm³/mol. The van der Waals surface area contributed by atoms with E-state index in [1.807, 2.05) is 12.4 Å². The molecule has 1 N–H and O–H groups in total. The first-order chi connectivity index (χ1) is 11.0. The Labute approximate surface area is 139 Å². The van der Waals surface area contributed by atoms with Gasteiger partial charge in [-0.15, -0.1) is 0 Å². The first kappa shape index (κ1) is 16.2. The average molecular weight is 309 g/mol. The van der Waals surface area contributed by atoms with E-state index in [0.29, 0.717) is 6.04 Å². The number of rotatable bonds is 3. The number of hydrogen-bond acceptors (Lipinski definition) is 3. The van der Waals surface area contributed by atoms with E-state index in [1.165, 1.54) is 16.7 Å². The molecular weight excluding hydrogens is 282 g/mol. The quantitative estimate of drug-likeness (QED) is 0.940. The Morgan fingerprint density at radius 3 is 2.43 bits per heavy atom. The van der Waals surface area contributed by atoms with Gasteiger partial charge in [0.1, 0.15) is 0 Å². The van der Waals surface area contributed by atoms with Crippen molar-refractivity contribution >= 4 is 0 Å². The van der Waals surface area contributed by atoms with Gasteiger partial charge in [-0.2, -0.15) is 0 Å². The Morgan fingerprint density at radius 2 is 1.78 bits per heavy atom. The largest absolute Gasteiger partial charge is 0.314 e. The summed E-state index contributed by atoms with van der Waals surface area (Å²) in [5, 5.41) is 3.52. The van der Waals surface area contributed by atoms with E-state index in [1.54, 1.807) is 0 Å². The molecule has 2 aromatic rings. The first-order valence-electron chi connectivity index (χ1n) is 8.48. The maximum atomic E-state index is 4.14. The van der Waals surface area contributed by atoms with Crippen molar-refractivity contribution in [1.82, 2.24) is 15.2 Å². The summed E-state index contributed by atoms with van der Waals surface area (Å²) in [5.74, 6) is 0. The van der Waals surface area contributed by atoms with Crippen LogP contribution >= 0.6 is 0 Å². The second kappa shape index (κ2) is 6.81. The SMILES string of the molecule is CC(C)(C)c1ccc(CN2CCNCC2c2ccncc2)cc1. The summed E-state index contributed by atoms with van der Waals surface area (Å²) in [5.41, 5.74) is 4.34. The predicted octanol–water partition coefficient (Wildman–Crippen LogP) is 3.53. The van der Waals surface area contributed by atoms with Crippen LogP contribution in [-0.4, -0.2) is 29.5 Å². The van der Waals surface area contributed by atoms with Gasteiger partial charge in [-0.1, -0.05) is 45.0 Å². The van der Waals surface area contributed by atoms with E-state index in [0.717, 1.165) is 26.2 Å². The highest BCUT2D eigenvalue weighted by atomic mass is 15.2. The van der Waals surface area contributed by atoms with Crippen LogP contribution in [0.4, 0.5) is 0 Å². The standard InChI is InChI=1S/C20H27N3/c1-20(2,3)18-6-4-16(5-7-18)15-23-13-12-22-14-19(23)17-8-10-21-11-9-17/h4-11,19,22H,12-15H2,1-3H3. The van der Waals surface area contributed by atoms with Crippen LogP contribution in [0.1, 0.15) is 43.5 Å². The summed E-state index contributed by atoms with van der Waals surface area (Å²) in [6.45, 7) is 10.9. The molecule has 2 heterocycles. The monoisotopic (exact) mass is 309 g/mol. The smallest absolute Gasteiger partial charge is 0.0477 e. The lowest BCUT2D eigenvalue weighted by Gasteiger charge is -2.36. The lowest BCUT2D eigenvalue weighted by atomic mass is 9.86. The molecule has 1 aromatic heterocycles. The van der Waals surface area contributed by atoms with Crippen LogP contribution < -0.4 is 5.32 Å².